The number of sulfone groups is 1. The van der Waals surface area contributed by atoms with Crippen molar-refractivity contribution < 1.29 is 13.2 Å². The van der Waals surface area contributed by atoms with Crippen LogP contribution in [0, 0.1) is 0 Å². The maximum absolute atomic E-state index is 12.3. The van der Waals surface area contributed by atoms with Gasteiger partial charge in [0, 0.05) is 24.7 Å². The molecule has 0 N–H and O–H groups in total. The van der Waals surface area contributed by atoms with Gasteiger partial charge in [-0.05, 0) is 38.1 Å². The third-order valence-corrected chi connectivity index (χ3v) is 5.91. The van der Waals surface area contributed by atoms with Crippen LogP contribution < -0.4 is 0 Å². The highest BCUT2D eigenvalue weighted by Gasteiger charge is 2.21. The molecule has 1 heterocycles. The van der Waals surface area contributed by atoms with E-state index in [9.17, 15) is 8.42 Å². The van der Waals surface area contributed by atoms with Gasteiger partial charge >= 0.3 is 0 Å². The highest BCUT2D eigenvalue weighted by Crippen LogP contribution is 2.26. The maximum atomic E-state index is 12.3. The Hall–Kier alpha value is -0.330. The molecule has 0 radical (unpaired) electrons. The van der Waals surface area contributed by atoms with Gasteiger partial charge in [0.1, 0.15) is 0 Å². The Morgan fingerprint density at radius 2 is 2.14 bits per heavy atom. The minimum absolute atomic E-state index is 0.0102. The molecule has 1 saturated heterocycles. The normalized spacial score (nSPS) is 19.3. The summed E-state index contributed by atoms with van der Waals surface area (Å²) in [6, 6.07) is 4.48. The maximum Gasteiger partial charge on any atom is 0.181 e. The fraction of sp³-hybridized carbons (Fsp3) is 0.571. The van der Waals surface area contributed by atoms with Crippen LogP contribution in [0.1, 0.15) is 12.8 Å². The summed E-state index contributed by atoms with van der Waals surface area (Å²) in [6.07, 6.45) is 2.33. The summed E-state index contributed by atoms with van der Waals surface area (Å²) < 4.78 is 30.2. The minimum atomic E-state index is -3.44. The molecule has 4 nitrogen and oxygen atoms in total. The van der Waals surface area contributed by atoms with Crippen LogP contribution in [0.25, 0.3) is 0 Å². The van der Waals surface area contributed by atoms with Crippen molar-refractivity contribution in [3.63, 3.8) is 0 Å². The van der Waals surface area contributed by atoms with Gasteiger partial charge in [0.2, 0.25) is 0 Å². The molecule has 1 unspecified atom stereocenters. The van der Waals surface area contributed by atoms with Crippen LogP contribution in [0.3, 0.4) is 0 Å². The predicted molar refractivity (Wildman–Crippen MR) is 85.0 cm³/mol. The van der Waals surface area contributed by atoms with Gasteiger partial charge in [-0.2, -0.15) is 0 Å². The lowest BCUT2D eigenvalue weighted by atomic mass is 10.2. The number of likely N-dealkylation sites (N-methyl/N-ethyl adjacent to an activating group) is 1. The third kappa shape index (κ3) is 4.83. The van der Waals surface area contributed by atoms with Crippen molar-refractivity contribution in [1.82, 2.24) is 4.90 Å². The Kier molecular flexibility index (Phi) is 5.91. The Bertz CT molecular complexity index is 586. The Morgan fingerprint density at radius 1 is 1.38 bits per heavy atom. The second-order valence-electron chi connectivity index (χ2n) is 5.29. The van der Waals surface area contributed by atoms with Crippen molar-refractivity contribution in [1.29, 1.82) is 0 Å². The Morgan fingerprint density at radius 3 is 2.81 bits per heavy atom. The number of halogens is 2. The van der Waals surface area contributed by atoms with Gasteiger partial charge in [-0.3, -0.25) is 0 Å². The second kappa shape index (κ2) is 7.29. The van der Waals surface area contributed by atoms with Crippen LogP contribution >= 0.6 is 23.2 Å². The van der Waals surface area contributed by atoms with E-state index >= 15 is 0 Å². The number of benzene rings is 1. The molecule has 1 aliphatic heterocycles. The molecule has 0 amide bonds. The van der Waals surface area contributed by atoms with E-state index in [2.05, 4.69) is 0 Å². The molecule has 0 aromatic heterocycles. The average molecular weight is 352 g/mol. The van der Waals surface area contributed by atoms with E-state index < -0.39 is 9.84 Å². The molecule has 118 valence electrons. The van der Waals surface area contributed by atoms with Gasteiger partial charge in [-0.25, -0.2) is 8.42 Å². The first-order chi connectivity index (χ1) is 9.88. The lowest BCUT2D eigenvalue weighted by molar-refractivity contribution is 0.0829. The van der Waals surface area contributed by atoms with Gasteiger partial charge in [0.05, 0.1) is 21.8 Å². The zero-order valence-electron chi connectivity index (χ0n) is 11.9. The van der Waals surface area contributed by atoms with Crippen LogP contribution in [-0.2, 0) is 14.6 Å². The second-order valence-corrected chi connectivity index (χ2v) is 8.21. The van der Waals surface area contributed by atoms with E-state index in [1.54, 1.807) is 6.07 Å². The van der Waals surface area contributed by atoms with Crippen LogP contribution in [0.4, 0.5) is 0 Å². The summed E-state index contributed by atoms with van der Waals surface area (Å²) in [4.78, 5) is 2.08. The molecule has 0 spiro atoms. The molecule has 1 atom stereocenters. The molecule has 21 heavy (non-hydrogen) atoms. The Labute approximate surface area is 135 Å². The van der Waals surface area contributed by atoms with E-state index in [0.717, 1.165) is 26.0 Å². The van der Waals surface area contributed by atoms with Crippen LogP contribution in [0.5, 0.6) is 0 Å². The SMILES string of the molecule is CN(CCS(=O)(=O)c1cc(Cl)ccc1Cl)CC1CCCO1. The largest absolute Gasteiger partial charge is 0.377 e. The van der Waals surface area contributed by atoms with E-state index in [1.165, 1.54) is 12.1 Å². The van der Waals surface area contributed by atoms with Crippen molar-refractivity contribution in [2.24, 2.45) is 0 Å². The molecule has 1 aromatic carbocycles. The highest BCUT2D eigenvalue weighted by molar-refractivity contribution is 7.91. The van der Waals surface area contributed by atoms with Gasteiger partial charge in [-0.15, -0.1) is 0 Å². The van der Waals surface area contributed by atoms with Gasteiger partial charge < -0.3 is 9.64 Å². The first-order valence-electron chi connectivity index (χ1n) is 6.86. The summed E-state index contributed by atoms with van der Waals surface area (Å²) in [7, 11) is -1.54. The number of rotatable bonds is 6. The number of nitrogens with zero attached hydrogens (tertiary/aromatic N) is 1. The molecule has 1 aliphatic rings. The van der Waals surface area contributed by atoms with Crippen LogP contribution in [0.15, 0.2) is 23.1 Å². The number of hydrogen-bond acceptors (Lipinski definition) is 4. The molecule has 2 rings (SSSR count). The third-order valence-electron chi connectivity index (χ3n) is 3.51. The molecule has 0 bridgehead atoms. The number of hydrogen-bond donors (Lipinski definition) is 0. The quantitative estimate of drug-likeness (QED) is 0.790. The summed E-state index contributed by atoms with van der Waals surface area (Å²) >= 11 is 11.8. The summed E-state index contributed by atoms with van der Waals surface area (Å²) in [5.74, 6) is 0.0102. The van der Waals surface area contributed by atoms with Crippen molar-refractivity contribution in [3.05, 3.63) is 28.2 Å². The van der Waals surface area contributed by atoms with E-state index in [1.807, 2.05) is 11.9 Å². The molecule has 1 fully saturated rings. The predicted octanol–water partition coefficient (Wildman–Crippen LogP) is 2.88. The zero-order valence-corrected chi connectivity index (χ0v) is 14.2. The average Bonchev–Trinajstić information content (AvgIpc) is 2.92. The Balaban J connectivity index is 1.95. The van der Waals surface area contributed by atoms with Crippen molar-refractivity contribution in [2.75, 3.05) is 32.5 Å². The smallest absolute Gasteiger partial charge is 0.181 e. The van der Waals surface area contributed by atoms with Crippen LogP contribution in [-0.4, -0.2) is 51.9 Å². The highest BCUT2D eigenvalue weighted by atomic mass is 35.5. The topological polar surface area (TPSA) is 46.6 Å². The molecule has 0 aliphatic carbocycles. The van der Waals surface area contributed by atoms with E-state index in [-0.39, 0.29) is 21.8 Å². The standard InChI is InChI=1S/C14H19Cl2NO3S/c1-17(10-12-3-2-7-20-12)6-8-21(18,19)14-9-11(15)4-5-13(14)16/h4-5,9,12H,2-3,6-8,10H2,1H3. The van der Waals surface area contributed by atoms with Gasteiger partial charge in [0.25, 0.3) is 0 Å². The monoisotopic (exact) mass is 351 g/mol. The fourth-order valence-electron chi connectivity index (χ4n) is 2.33. The molecular formula is C14H19Cl2NO3S. The van der Waals surface area contributed by atoms with Gasteiger partial charge in [0.15, 0.2) is 9.84 Å². The molecule has 1 aromatic rings. The van der Waals surface area contributed by atoms with E-state index in [0.29, 0.717) is 11.6 Å². The number of ether oxygens (including phenoxy) is 1. The first-order valence-corrected chi connectivity index (χ1v) is 9.27. The van der Waals surface area contributed by atoms with Crippen molar-refractivity contribution in [2.45, 2.75) is 23.8 Å². The summed E-state index contributed by atoms with van der Waals surface area (Å²) in [5, 5.41) is 0.576. The van der Waals surface area contributed by atoms with Gasteiger partial charge in [-0.1, -0.05) is 23.2 Å². The lowest BCUT2D eigenvalue weighted by Gasteiger charge is -2.20. The molecule has 7 heteroatoms. The minimum Gasteiger partial charge on any atom is -0.377 e. The van der Waals surface area contributed by atoms with Crippen LogP contribution in [0.2, 0.25) is 10.0 Å². The summed E-state index contributed by atoms with van der Waals surface area (Å²) in [6.45, 7) is 1.98. The lowest BCUT2D eigenvalue weighted by Crippen LogP contribution is -2.32. The zero-order chi connectivity index (χ0) is 15.5. The molecule has 0 saturated carbocycles. The van der Waals surface area contributed by atoms with Crippen molar-refractivity contribution in [3.8, 4) is 0 Å². The van der Waals surface area contributed by atoms with E-state index in [4.69, 9.17) is 27.9 Å². The summed E-state index contributed by atoms with van der Waals surface area (Å²) in [5.41, 5.74) is 0. The van der Waals surface area contributed by atoms with Crippen molar-refractivity contribution >= 4 is 33.0 Å². The molecular weight excluding hydrogens is 333 g/mol. The fourth-order valence-corrected chi connectivity index (χ4v) is 4.48. The first kappa shape index (κ1) is 17.0.